The molecule has 0 amide bonds. The van der Waals surface area contributed by atoms with Gasteiger partial charge in [-0.15, -0.1) is 0 Å². The fraction of sp³-hybridized carbons (Fsp3) is 0.429. The largest absolute Gasteiger partial charge is 0.493 e. The van der Waals surface area contributed by atoms with Gasteiger partial charge in [0.05, 0.1) is 19.8 Å². The molecule has 1 aliphatic rings. The molecule has 1 saturated carbocycles. The first kappa shape index (κ1) is 17.8. The second-order valence-electron chi connectivity index (χ2n) is 6.85. The molecule has 2 aromatic carbocycles. The number of benzene rings is 2. The van der Waals surface area contributed by atoms with E-state index in [0.29, 0.717) is 19.8 Å². The third-order valence-corrected chi connectivity index (χ3v) is 4.73. The SMILES string of the molecule is COCc1cccc(OCC2(CN(CCO)c3ccccc3)CC2)c1. The van der Waals surface area contributed by atoms with E-state index in [9.17, 15) is 5.11 Å². The maximum Gasteiger partial charge on any atom is 0.119 e. The van der Waals surface area contributed by atoms with Gasteiger partial charge in [0.15, 0.2) is 0 Å². The Morgan fingerprint density at radius 1 is 1.08 bits per heavy atom. The van der Waals surface area contributed by atoms with Gasteiger partial charge in [0, 0.05) is 31.3 Å². The number of para-hydroxylation sites is 1. The Bertz CT molecular complexity index is 655. The van der Waals surface area contributed by atoms with Crippen LogP contribution in [0.5, 0.6) is 5.75 Å². The first-order chi connectivity index (χ1) is 12.2. The summed E-state index contributed by atoms with van der Waals surface area (Å²) in [5.41, 5.74) is 2.46. The molecule has 0 bridgehead atoms. The van der Waals surface area contributed by atoms with E-state index >= 15 is 0 Å². The molecule has 0 spiro atoms. The molecule has 1 fully saturated rings. The standard InChI is InChI=1S/C21H27NO3/c1-24-15-18-6-5-9-20(14-18)25-17-21(10-11-21)16-22(12-13-23)19-7-3-2-4-8-19/h2-9,14,23H,10-13,15-17H2,1H3. The lowest BCUT2D eigenvalue weighted by Crippen LogP contribution is -2.35. The third kappa shape index (κ3) is 4.97. The van der Waals surface area contributed by atoms with Crippen LogP contribution in [0.15, 0.2) is 54.6 Å². The van der Waals surface area contributed by atoms with Crippen molar-refractivity contribution in [3.8, 4) is 5.75 Å². The summed E-state index contributed by atoms with van der Waals surface area (Å²) in [6.07, 6.45) is 2.33. The molecule has 0 radical (unpaired) electrons. The molecule has 1 aliphatic carbocycles. The van der Waals surface area contributed by atoms with Crippen molar-refractivity contribution < 1.29 is 14.6 Å². The number of hydrogen-bond acceptors (Lipinski definition) is 4. The lowest BCUT2D eigenvalue weighted by atomic mass is 10.1. The second-order valence-corrected chi connectivity index (χ2v) is 6.85. The molecule has 0 heterocycles. The number of methoxy groups -OCH3 is 1. The predicted molar refractivity (Wildman–Crippen MR) is 100 cm³/mol. The molecule has 1 N–H and O–H groups in total. The average molecular weight is 341 g/mol. The molecule has 4 nitrogen and oxygen atoms in total. The summed E-state index contributed by atoms with van der Waals surface area (Å²) in [7, 11) is 1.70. The smallest absolute Gasteiger partial charge is 0.119 e. The number of aliphatic hydroxyl groups is 1. The summed E-state index contributed by atoms with van der Waals surface area (Å²) < 4.78 is 11.3. The molecule has 4 heteroatoms. The van der Waals surface area contributed by atoms with Crippen LogP contribution in [0.25, 0.3) is 0 Å². The highest BCUT2D eigenvalue weighted by Crippen LogP contribution is 2.47. The number of hydrogen-bond donors (Lipinski definition) is 1. The average Bonchev–Trinajstić information content (AvgIpc) is 3.41. The van der Waals surface area contributed by atoms with Gasteiger partial charge in [0.25, 0.3) is 0 Å². The Labute approximate surface area is 150 Å². The highest BCUT2D eigenvalue weighted by atomic mass is 16.5. The molecule has 134 valence electrons. The van der Waals surface area contributed by atoms with Gasteiger partial charge in [-0.25, -0.2) is 0 Å². The number of rotatable bonds is 10. The van der Waals surface area contributed by atoms with Crippen molar-refractivity contribution in [2.45, 2.75) is 19.4 Å². The molecular weight excluding hydrogens is 314 g/mol. The number of anilines is 1. The number of ether oxygens (including phenoxy) is 2. The van der Waals surface area contributed by atoms with Crippen molar-refractivity contribution in [3.05, 3.63) is 60.2 Å². The van der Waals surface area contributed by atoms with E-state index in [4.69, 9.17) is 9.47 Å². The fourth-order valence-corrected chi connectivity index (χ4v) is 3.12. The minimum atomic E-state index is 0.158. The van der Waals surface area contributed by atoms with E-state index < -0.39 is 0 Å². The maximum absolute atomic E-state index is 9.42. The normalized spacial score (nSPS) is 15.0. The summed E-state index contributed by atoms with van der Waals surface area (Å²) in [4.78, 5) is 2.26. The molecule has 0 unspecified atom stereocenters. The van der Waals surface area contributed by atoms with Crippen molar-refractivity contribution in [1.82, 2.24) is 0 Å². The Morgan fingerprint density at radius 2 is 1.88 bits per heavy atom. The third-order valence-electron chi connectivity index (χ3n) is 4.73. The van der Waals surface area contributed by atoms with Gasteiger partial charge in [0.2, 0.25) is 0 Å². The number of nitrogens with zero attached hydrogens (tertiary/aromatic N) is 1. The lowest BCUT2D eigenvalue weighted by molar-refractivity contribution is 0.184. The highest BCUT2D eigenvalue weighted by Gasteiger charge is 2.45. The van der Waals surface area contributed by atoms with E-state index in [2.05, 4.69) is 17.0 Å². The van der Waals surface area contributed by atoms with E-state index in [1.807, 2.05) is 42.5 Å². The van der Waals surface area contributed by atoms with Crippen LogP contribution >= 0.6 is 0 Å². The Balaban J connectivity index is 1.61. The van der Waals surface area contributed by atoms with Gasteiger partial charge in [0.1, 0.15) is 5.75 Å². The second kappa shape index (κ2) is 8.37. The quantitative estimate of drug-likeness (QED) is 0.718. The van der Waals surface area contributed by atoms with Crippen molar-refractivity contribution >= 4 is 5.69 Å². The van der Waals surface area contributed by atoms with Gasteiger partial charge >= 0.3 is 0 Å². The van der Waals surface area contributed by atoms with Gasteiger partial charge in [-0.2, -0.15) is 0 Å². The van der Waals surface area contributed by atoms with Crippen LogP contribution < -0.4 is 9.64 Å². The van der Waals surface area contributed by atoms with Gasteiger partial charge in [-0.05, 0) is 42.7 Å². The minimum Gasteiger partial charge on any atom is -0.493 e. The minimum absolute atomic E-state index is 0.158. The molecule has 25 heavy (non-hydrogen) atoms. The van der Waals surface area contributed by atoms with E-state index in [1.54, 1.807) is 7.11 Å². The molecule has 0 aromatic heterocycles. The molecular formula is C21H27NO3. The lowest BCUT2D eigenvalue weighted by Gasteiger charge is -2.29. The zero-order valence-electron chi connectivity index (χ0n) is 14.9. The van der Waals surface area contributed by atoms with Crippen molar-refractivity contribution in [1.29, 1.82) is 0 Å². The van der Waals surface area contributed by atoms with E-state index in [1.165, 1.54) is 12.8 Å². The van der Waals surface area contributed by atoms with Gasteiger partial charge in [-0.1, -0.05) is 30.3 Å². The van der Waals surface area contributed by atoms with Crippen LogP contribution in [0.1, 0.15) is 18.4 Å². The van der Waals surface area contributed by atoms with Crippen LogP contribution in [-0.2, 0) is 11.3 Å². The van der Waals surface area contributed by atoms with Crippen LogP contribution in [0.4, 0.5) is 5.69 Å². The highest BCUT2D eigenvalue weighted by molar-refractivity contribution is 5.46. The number of aliphatic hydroxyl groups excluding tert-OH is 1. The topological polar surface area (TPSA) is 41.9 Å². The summed E-state index contributed by atoms with van der Waals surface area (Å²) in [6, 6.07) is 18.4. The molecule has 0 aliphatic heterocycles. The predicted octanol–water partition coefficient (Wildman–Crippen LogP) is 3.49. The van der Waals surface area contributed by atoms with Crippen LogP contribution in [-0.4, -0.2) is 38.5 Å². The van der Waals surface area contributed by atoms with Gasteiger partial charge < -0.3 is 19.5 Å². The zero-order chi connectivity index (χ0) is 17.5. The van der Waals surface area contributed by atoms with E-state index in [0.717, 1.165) is 23.5 Å². The van der Waals surface area contributed by atoms with Crippen LogP contribution in [0.3, 0.4) is 0 Å². The first-order valence-electron chi connectivity index (χ1n) is 8.86. The maximum atomic E-state index is 9.42. The Kier molecular flexibility index (Phi) is 5.95. The first-order valence-corrected chi connectivity index (χ1v) is 8.86. The zero-order valence-corrected chi connectivity index (χ0v) is 14.9. The molecule has 0 saturated heterocycles. The van der Waals surface area contributed by atoms with Gasteiger partial charge in [-0.3, -0.25) is 0 Å². The van der Waals surface area contributed by atoms with Crippen molar-refractivity contribution in [3.63, 3.8) is 0 Å². The fourth-order valence-electron chi connectivity index (χ4n) is 3.12. The monoisotopic (exact) mass is 341 g/mol. The molecule has 3 rings (SSSR count). The summed E-state index contributed by atoms with van der Waals surface area (Å²) in [5.74, 6) is 0.897. The van der Waals surface area contributed by atoms with E-state index in [-0.39, 0.29) is 12.0 Å². The summed E-state index contributed by atoms with van der Waals surface area (Å²) >= 11 is 0. The summed E-state index contributed by atoms with van der Waals surface area (Å²) in [5, 5.41) is 9.42. The Hall–Kier alpha value is -2.04. The van der Waals surface area contributed by atoms with Crippen molar-refractivity contribution in [2.75, 3.05) is 38.3 Å². The van der Waals surface area contributed by atoms with Crippen LogP contribution in [0, 0.1) is 5.41 Å². The van der Waals surface area contributed by atoms with Crippen molar-refractivity contribution in [2.24, 2.45) is 5.41 Å². The summed E-state index contributed by atoms with van der Waals surface area (Å²) in [6.45, 7) is 3.02. The van der Waals surface area contributed by atoms with Crippen LogP contribution in [0.2, 0.25) is 0 Å². The molecule has 2 aromatic rings. The Morgan fingerprint density at radius 3 is 2.56 bits per heavy atom. The molecule has 0 atom stereocenters.